The lowest BCUT2D eigenvalue weighted by molar-refractivity contribution is 0.102. The molecule has 1 aromatic heterocycles. The minimum Gasteiger partial charge on any atom is -0.289 e. The maximum atomic E-state index is 12.8. The van der Waals surface area contributed by atoms with Gasteiger partial charge in [0.15, 0.2) is 5.78 Å². The van der Waals surface area contributed by atoms with E-state index in [-0.39, 0.29) is 11.6 Å². The van der Waals surface area contributed by atoms with E-state index in [1.54, 1.807) is 23.0 Å². The van der Waals surface area contributed by atoms with Crippen LogP contribution < -0.4 is 0 Å². The third-order valence-corrected chi connectivity index (χ3v) is 3.44. The Morgan fingerprint density at radius 2 is 2.00 bits per heavy atom. The molecule has 0 unspecified atom stereocenters. The normalized spacial score (nSPS) is 16.7. The van der Waals surface area contributed by atoms with Gasteiger partial charge in [0.25, 0.3) is 0 Å². The maximum absolute atomic E-state index is 12.8. The quantitative estimate of drug-likeness (QED) is 0.735. The third-order valence-electron chi connectivity index (χ3n) is 3.44. The molecule has 1 aromatic carbocycles. The number of aryl methyl sites for hydroxylation is 1. The van der Waals surface area contributed by atoms with Crippen LogP contribution in [0.1, 0.15) is 28.0 Å². The van der Waals surface area contributed by atoms with Crippen LogP contribution in [0, 0.1) is 5.82 Å². The van der Waals surface area contributed by atoms with Crippen molar-refractivity contribution in [3.05, 3.63) is 58.7 Å². The summed E-state index contributed by atoms with van der Waals surface area (Å²) in [4.78, 5) is 12.3. The molecular weight excluding hydrogens is 243 g/mol. The number of hydrogen-bond acceptors (Lipinski definition) is 2. The van der Waals surface area contributed by atoms with Crippen LogP contribution in [0.15, 0.2) is 36.0 Å². The molecule has 19 heavy (non-hydrogen) atoms. The first-order valence-corrected chi connectivity index (χ1v) is 6.17. The Labute approximate surface area is 110 Å². The molecule has 3 nitrogen and oxygen atoms in total. The molecule has 2 aromatic rings. The molecule has 96 valence electrons. The Hall–Kier alpha value is -2.23. The lowest BCUT2D eigenvalue weighted by atomic mass is 9.90. The molecule has 0 aliphatic heterocycles. The van der Waals surface area contributed by atoms with Crippen molar-refractivity contribution in [3.63, 3.8) is 0 Å². The zero-order valence-electron chi connectivity index (χ0n) is 10.6. The van der Waals surface area contributed by atoms with Gasteiger partial charge >= 0.3 is 0 Å². The Kier molecular flexibility index (Phi) is 2.78. The highest BCUT2D eigenvalue weighted by Crippen LogP contribution is 2.26. The zero-order chi connectivity index (χ0) is 13.4. The summed E-state index contributed by atoms with van der Waals surface area (Å²) >= 11 is 0. The molecule has 0 amide bonds. The monoisotopic (exact) mass is 256 g/mol. The highest BCUT2D eigenvalue weighted by atomic mass is 19.1. The minimum atomic E-state index is -0.272. The number of benzene rings is 1. The largest absolute Gasteiger partial charge is 0.289 e. The fraction of sp³-hybridized carbons (Fsp3) is 0.200. The highest BCUT2D eigenvalue weighted by molar-refractivity contribution is 6.12. The van der Waals surface area contributed by atoms with E-state index in [1.165, 1.54) is 12.1 Å². The average Bonchev–Trinajstić information content (AvgIpc) is 2.78. The van der Waals surface area contributed by atoms with Gasteiger partial charge in [0.2, 0.25) is 0 Å². The van der Waals surface area contributed by atoms with E-state index in [9.17, 15) is 9.18 Å². The number of ketones is 1. The minimum absolute atomic E-state index is 0.0266. The van der Waals surface area contributed by atoms with Crippen molar-refractivity contribution < 1.29 is 9.18 Å². The smallest absolute Gasteiger partial charge is 0.192 e. The zero-order valence-corrected chi connectivity index (χ0v) is 10.6. The van der Waals surface area contributed by atoms with Crippen molar-refractivity contribution >= 4 is 11.9 Å². The van der Waals surface area contributed by atoms with Crippen LogP contribution in [0.4, 0.5) is 4.39 Å². The molecule has 0 bridgehead atoms. The first-order chi connectivity index (χ1) is 9.15. The number of aromatic nitrogens is 2. The number of fused-ring (bicyclic) bond motifs is 1. The van der Waals surface area contributed by atoms with Crippen LogP contribution in [0.2, 0.25) is 0 Å². The average molecular weight is 256 g/mol. The second-order valence-electron chi connectivity index (χ2n) is 4.68. The number of rotatable bonds is 1. The van der Waals surface area contributed by atoms with Crippen molar-refractivity contribution in [2.75, 3.05) is 0 Å². The third kappa shape index (κ3) is 2.10. The second kappa shape index (κ2) is 4.46. The van der Waals surface area contributed by atoms with Crippen LogP contribution in [0.25, 0.3) is 6.08 Å². The van der Waals surface area contributed by atoms with Crippen LogP contribution in [0.3, 0.4) is 0 Å². The van der Waals surface area contributed by atoms with Crippen LogP contribution in [-0.4, -0.2) is 15.6 Å². The molecule has 0 spiro atoms. The Morgan fingerprint density at radius 3 is 2.74 bits per heavy atom. The molecule has 1 heterocycles. The Morgan fingerprint density at radius 1 is 1.26 bits per heavy atom. The first-order valence-electron chi connectivity index (χ1n) is 6.17. The van der Waals surface area contributed by atoms with E-state index >= 15 is 0 Å². The number of allylic oxidation sites excluding steroid dienone is 1. The van der Waals surface area contributed by atoms with Crippen molar-refractivity contribution in [2.45, 2.75) is 12.8 Å². The van der Waals surface area contributed by atoms with Gasteiger partial charge in [-0.25, -0.2) is 4.39 Å². The topological polar surface area (TPSA) is 34.9 Å². The summed E-state index contributed by atoms with van der Waals surface area (Å²) in [5.74, 6) is -0.245. The lowest BCUT2D eigenvalue weighted by Gasteiger charge is -2.14. The van der Waals surface area contributed by atoms with E-state index in [2.05, 4.69) is 5.10 Å². The second-order valence-corrected chi connectivity index (χ2v) is 4.68. The molecule has 0 saturated carbocycles. The number of nitrogens with zero attached hydrogens (tertiary/aromatic N) is 2. The summed E-state index contributed by atoms with van der Waals surface area (Å²) in [5.41, 5.74) is 3.27. The molecule has 4 heteroatoms. The molecule has 1 aliphatic carbocycles. The molecule has 0 fully saturated rings. The predicted octanol–water partition coefficient (Wildman–Crippen LogP) is 2.77. The van der Waals surface area contributed by atoms with Gasteiger partial charge < -0.3 is 0 Å². The number of carbonyl (C=O) groups excluding carboxylic acids is 1. The molecule has 3 rings (SSSR count). The molecule has 0 N–H and O–H groups in total. The summed E-state index contributed by atoms with van der Waals surface area (Å²) in [7, 11) is 1.85. The van der Waals surface area contributed by atoms with E-state index in [0.29, 0.717) is 12.0 Å². The lowest BCUT2D eigenvalue weighted by Crippen LogP contribution is -2.14. The van der Waals surface area contributed by atoms with Crippen LogP contribution in [-0.2, 0) is 13.5 Å². The van der Waals surface area contributed by atoms with Gasteiger partial charge in [-0.3, -0.25) is 9.48 Å². The fourth-order valence-electron chi connectivity index (χ4n) is 2.39. The van der Waals surface area contributed by atoms with Gasteiger partial charge in [-0.2, -0.15) is 5.10 Å². The number of carbonyl (C=O) groups is 1. The summed E-state index contributed by atoms with van der Waals surface area (Å²) < 4.78 is 14.6. The fourth-order valence-corrected chi connectivity index (χ4v) is 2.39. The van der Waals surface area contributed by atoms with E-state index in [0.717, 1.165) is 23.3 Å². The van der Waals surface area contributed by atoms with Gasteiger partial charge in [-0.1, -0.05) is 12.1 Å². The number of halogens is 1. The Bertz CT molecular complexity index is 668. The van der Waals surface area contributed by atoms with Crippen molar-refractivity contribution in [3.8, 4) is 0 Å². The summed E-state index contributed by atoms with van der Waals surface area (Å²) in [5, 5.41) is 4.12. The molecule has 1 aliphatic rings. The first kappa shape index (κ1) is 11.8. The van der Waals surface area contributed by atoms with Gasteiger partial charge in [-0.15, -0.1) is 0 Å². The summed E-state index contributed by atoms with van der Waals surface area (Å²) in [6.45, 7) is 0. The molecule has 0 radical (unpaired) electrons. The number of Topliss-reactive ketones (excluding diaryl/α,β-unsaturated/α-hetero) is 1. The van der Waals surface area contributed by atoms with E-state index in [1.807, 2.05) is 13.1 Å². The van der Waals surface area contributed by atoms with Gasteiger partial charge in [-0.05, 0) is 36.6 Å². The van der Waals surface area contributed by atoms with Crippen molar-refractivity contribution in [2.24, 2.45) is 7.05 Å². The van der Waals surface area contributed by atoms with Gasteiger partial charge in [0.1, 0.15) is 5.82 Å². The van der Waals surface area contributed by atoms with Gasteiger partial charge in [0.05, 0.1) is 11.8 Å². The standard InChI is InChI=1S/C15H13FN2O/c1-18-14-7-4-11(15(19)13(14)9-17-18)8-10-2-5-12(16)6-3-10/h2-3,5-6,8-9H,4,7H2,1H3/b11-8+. The predicted molar refractivity (Wildman–Crippen MR) is 70.2 cm³/mol. The van der Waals surface area contributed by atoms with Crippen molar-refractivity contribution in [1.82, 2.24) is 9.78 Å². The molecule has 0 saturated heterocycles. The van der Waals surface area contributed by atoms with Crippen LogP contribution in [0.5, 0.6) is 0 Å². The maximum Gasteiger partial charge on any atom is 0.192 e. The summed E-state index contributed by atoms with van der Waals surface area (Å²) in [6, 6.07) is 6.15. The van der Waals surface area contributed by atoms with E-state index < -0.39 is 0 Å². The van der Waals surface area contributed by atoms with Crippen LogP contribution >= 0.6 is 0 Å². The Balaban J connectivity index is 1.95. The van der Waals surface area contributed by atoms with E-state index in [4.69, 9.17) is 0 Å². The number of hydrogen-bond donors (Lipinski definition) is 0. The van der Waals surface area contributed by atoms with Gasteiger partial charge in [0, 0.05) is 18.3 Å². The van der Waals surface area contributed by atoms with Crippen molar-refractivity contribution in [1.29, 1.82) is 0 Å². The SMILES string of the molecule is Cn1ncc2c1CC/C(=C\c1ccc(F)cc1)C2=O. The summed E-state index contributed by atoms with van der Waals surface area (Å²) in [6.07, 6.45) is 4.96. The highest BCUT2D eigenvalue weighted by Gasteiger charge is 2.24. The molecular formula is C15H13FN2O. The molecule has 0 atom stereocenters.